The van der Waals surface area contributed by atoms with Crippen LogP contribution >= 0.6 is 34.2 Å². The van der Waals surface area contributed by atoms with E-state index in [9.17, 15) is 9.59 Å². The van der Waals surface area contributed by atoms with Crippen LogP contribution in [0, 0.1) is 3.57 Å². The third-order valence-corrected chi connectivity index (χ3v) is 3.86. The summed E-state index contributed by atoms with van der Waals surface area (Å²) in [6.45, 7) is 1.46. The van der Waals surface area contributed by atoms with E-state index in [1.165, 1.54) is 23.6 Å². The van der Waals surface area contributed by atoms with Crippen molar-refractivity contribution in [2.45, 2.75) is 6.92 Å². The van der Waals surface area contributed by atoms with E-state index in [1.807, 2.05) is 12.1 Å². The molecule has 0 saturated carbocycles. The van der Waals surface area contributed by atoms with Crippen LogP contribution < -0.4 is 10.9 Å². The molecule has 1 aromatic heterocycles. The molecule has 0 aliphatic rings. The summed E-state index contributed by atoms with van der Waals surface area (Å²) in [5, 5.41) is 3.60. The first kappa shape index (κ1) is 15.1. The van der Waals surface area contributed by atoms with Crippen LogP contribution in [0.25, 0.3) is 0 Å². The van der Waals surface area contributed by atoms with Crippen LogP contribution in [0.5, 0.6) is 0 Å². The summed E-state index contributed by atoms with van der Waals surface area (Å²) < 4.78 is 2.40. The van der Waals surface area contributed by atoms with Crippen molar-refractivity contribution >= 4 is 51.5 Å². The Kier molecular flexibility index (Phi) is 4.49. The van der Waals surface area contributed by atoms with Gasteiger partial charge in [0.15, 0.2) is 5.78 Å². The number of hydrogen-bond acceptors (Lipinski definition) is 3. The Morgan fingerprint density at radius 2 is 2.00 bits per heavy atom. The largest absolute Gasteiger partial charge is 0.340 e. The first-order chi connectivity index (χ1) is 9.40. The van der Waals surface area contributed by atoms with Crippen LogP contribution in [0.15, 0.2) is 35.1 Å². The van der Waals surface area contributed by atoms with E-state index in [0.29, 0.717) is 22.1 Å². The average molecular weight is 403 g/mol. The summed E-state index contributed by atoms with van der Waals surface area (Å²) in [4.78, 5) is 23.4. The second kappa shape index (κ2) is 5.97. The standard InChI is InChI=1S/C14H12ClIN2O2/c1-8(19)10-4-6-13(20)18(2)14(10)17-12-5-3-9(16)7-11(12)15/h3-7,17H,1-2H3. The molecule has 0 spiro atoms. The van der Waals surface area contributed by atoms with E-state index < -0.39 is 0 Å². The Morgan fingerprint density at radius 1 is 1.30 bits per heavy atom. The van der Waals surface area contributed by atoms with Gasteiger partial charge in [-0.05, 0) is 53.8 Å². The fourth-order valence-corrected chi connectivity index (χ4v) is 2.69. The molecule has 2 rings (SSSR count). The third kappa shape index (κ3) is 3.04. The topological polar surface area (TPSA) is 51.1 Å². The normalized spacial score (nSPS) is 10.4. The average Bonchev–Trinajstić information content (AvgIpc) is 2.37. The van der Waals surface area contributed by atoms with Gasteiger partial charge in [-0.25, -0.2) is 0 Å². The molecule has 20 heavy (non-hydrogen) atoms. The number of benzene rings is 1. The second-order valence-corrected chi connectivity index (χ2v) is 5.95. The summed E-state index contributed by atoms with van der Waals surface area (Å²) in [5.74, 6) is 0.317. The van der Waals surface area contributed by atoms with Gasteiger partial charge in [-0.3, -0.25) is 14.2 Å². The van der Waals surface area contributed by atoms with Crippen molar-refractivity contribution in [2.75, 3.05) is 5.32 Å². The molecule has 4 nitrogen and oxygen atoms in total. The molecular formula is C14H12ClIN2O2. The van der Waals surface area contributed by atoms with Crippen molar-refractivity contribution in [2.24, 2.45) is 7.05 Å². The number of carbonyl (C=O) groups excluding carboxylic acids is 1. The zero-order valence-electron chi connectivity index (χ0n) is 10.9. The molecule has 0 atom stereocenters. The molecule has 6 heteroatoms. The maximum atomic E-state index is 11.7. The Balaban J connectivity index is 2.55. The number of aromatic nitrogens is 1. The van der Waals surface area contributed by atoms with Gasteiger partial charge in [0.1, 0.15) is 5.82 Å². The van der Waals surface area contributed by atoms with Gasteiger partial charge in [0.2, 0.25) is 0 Å². The highest BCUT2D eigenvalue weighted by molar-refractivity contribution is 14.1. The van der Waals surface area contributed by atoms with Crippen molar-refractivity contribution in [3.8, 4) is 0 Å². The van der Waals surface area contributed by atoms with Crippen molar-refractivity contribution in [1.29, 1.82) is 0 Å². The predicted octanol–water partition coefficient (Wildman–Crippen LogP) is 3.59. The van der Waals surface area contributed by atoms with E-state index in [-0.39, 0.29) is 11.3 Å². The molecule has 0 amide bonds. The predicted molar refractivity (Wildman–Crippen MR) is 89.1 cm³/mol. The molecule has 0 aliphatic carbocycles. The Labute approximate surface area is 134 Å². The van der Waals surface area contributed by atoms with E-state index >= 15 is 0 Å². The van der Waals surface area contributed by atoms with E-state index in [2.05, 4.69) is 27.9 Å². The quantitative estimate of drug-likeness (QED) is 0.630. The molecule has 1 aromatic carbocycles. The third-order valence-electron chi connectivity index (χ3n) is 2.88. The van der Waals surface area contributed by atoms with E-state index in [4.69, 9.17) is 11.6 Å². The monoisotopic (exact) mass is 402 g/mol. The zero-order chi connectivity index (χ0) is 14.9. The first-order valence-corrected chi connectivity index (χ1v) is 7.29. The lowest BCUT2D eigenvalue weighted by Gasteiger charge is -2.15. The minimum atomic E-state index is -0.195. The molecule has 0 radical (unpaired) electrons. The molecule has 1 N–H and O–H groups in total. The van der Waals surface area contributed by atoms with Gasteiger partial charge in [-0.15, -0.1) is 0 Å². The second-order valence-electron chi connectivity index (χ2n) is 4.30. The Bertz CT molecular complexity index is 740. The minimum Gasteiger partial charge on any atom is -0.340 e. The summed E-state index contributed by atoms with van der Waals surface area (Å²) in [6, 6.07) is 8.40. The molecule has 0 unspecified atom stereocenters. The highest BCUT2D eigenvalue weighted by Gasteiger charge is 2.13. The number of pyridine rings is 1. The van der Waals surface area contributed by atoms with Crippen LogP contribution in [-0.4, -0.2) is 10.4 Å². The first-order valence-electron chi connectivity index (χ1n) is 5.83. The fraction of sp³-hybridized carbons (Fsp3) is 0.143. The number of hydrogen-bond donors (Lipinski definition) is 1. The van der Waals surface area contributed by atoms with E-state index in [0.717, 1.165) is 3.57 Å². The Morgan fingerprint density at radius 3 is 2.60 bits per heavy atom. The summed E-state index contributed by atoms with van der Waals surface area (Å²) in [5.41, 5.74) is 0.900. The van der Waals surface area contributed by atoms with Crippen molar-refractivity contribution in [1.82, 2.24) is 4.57 Å². The van der Waals surface area contributed by atoms with Gasteiger partial charge >= 0.3 is 0 Å². The molecule has 1 heterocycles. The lowest BCUT2D eigenvalue weighted by atomic mass is 10.1. The maximum Gasteiger partial charge on any atom is 0.251 e. The highest BCUT2D eigenvalue weighted by Crippen LogP contribution is 2.28. The lowest BCUT2D eigenvalue weighted by molar-refractivity contribution is 0.101. The fourth-order valence-electron chi connectivity index (χ4n) is 1.79. The van der Waals surface area contributed by atoms with Gasteiger partial charge in [0.05, 0.1) is 16.3 Å². The smallest absolute Gasteiger partial charge is 0.251 e. The number of nitrogens with one attached hydrogen (secondary N) is 1. The molecule has 2 aromatic rings. The van der Waals surface area contributed by atoms with Gasteiger partial charge in [-0.1, -0.05) is 11.6 Å². The molecule has 104 valence electrons. The Hall–Kier alpha value is -1.34. The summed E-state index contributed by atoms with van der Waals surface area (Å²) in [7, 11) is 1.61. The van der Waals surface area contributed by atoms with Crippen molar-refractivity contribution in [3.63, 3.8) is 0 Å². The molecule has 0 fully saturated rings. The number of Topliss-reactive ketones (excluding diaryl/α,β-unsaturated/α-hetero) is 1. The number of rotatable bonds is 3. The van der Waals surface area contributed by atoms with Gasteiger partial charge < -0.3 is 5.32 Å². The lowest BCUT2D eigenvalue weighted by Crippen LogP contribution is -2.21. The molecular weight excluding hydrogens is 391 g/mol. The molecule has 0 bridgehead atoms. The molecule has 0 saturated heterocycles. The van der Waals surface area contributed by atoms with Crippen LogP contribution in [-0.2, 0) is 7.05 Å². The highest BCUT2D eigenvalue weighted by atomic mass is 127. The number of nitrogens with zero attached hydrogens (tertiary/aromatic N) is 1. The minimum absolute atomic E-state index is 0.121. The number of ketones is 1. The van der Waals surface area contributed by atoms with Crippen LogP contribution in [0.1, 0.15) is 17.3 Å². The van der Waals surface area contributed by atoms with Crippen LogP contribution in [0.3, 0.4) is 0 Å². The number of anilines is 2. The zero-order valence-corrected chi connectivity index (χ0v) is 13.8. The SMILES string of the molecule is CC(=O)c1ccc(=O)n(C)c1Nc1ccc(I)cc1Cl. The maximum absolute atomic E-state index is 11.7. The van der Waals surface area contributed by atoms with Gasteiger partial charge in [0.25, 0.3) is 5.56 Å². The summed E-state index contributed by atoms with van der Waals surface area (Å²) >= 11 is 8.32. The molecule has 0 aliphatic heterocycles. The van der Waals surface area contributed by atoms with Gasteiger partial charge in [-0.2, -0.15) is 0 Å². The number of carbonyl (C=O) groups is 1. The van der Waals surface area contributed by atoms with Crippen molar-refractivity contribution in [3.05, 3.63) is 54.8 Å². The van der Waals surface area contributed by atoms with Crippen LogP contribution in [0.2, 0.25) is 5.02 Å². The van der Waals surface area contributed by atoms with Crippen LogP contribution in [0.4, 0.5) is 11.5 Å². The van der Waals surface area contributed by atoms with Gasteiger partial charge in [0, 0.05) is 16.7 Å². The van der Waals surface area contributed by atoms with E-state index in [1.54, 1.807) is 13.1 Å². The number of halogens is 2. The summed E-state index contributed by atoms with van der Waals surface area (Å²) in [6.07, 6.45) is 0. The van der Waals surface area contributed by atoms with Crippen molar-refractivity contribution < 1.29 is 4.79 Å².